The number of nitrogens with one attached hydrogen (secondary N) is 1. The highest BCUT2D eigenvalue weighted by Crippen LogP contribution is 2.21. The van der Waals surface area contributed by atoms with Crippen LogP contribution in [0.1, 0.15) is 28.5 Å². The van der Waals surface area contributed by atoms with E-state index in [0.717, 1.165) is 11.3 Å². The standard InChI is InChI=1S/C14H16N2O2/c1-4-18-14(17)13-8-12(15-16-13)11-6-9(2)5-10(3)7-11/h5-8H,4H2,1-3H3,(H,15,16). The quantitative estimate of drug-likeness (QED) is 0.845. The van der Waals surface area contributed by atoms with Crippen molar-refractivity contribution in [2.24, 2.45) is 0 Å². The van der Waals surface area contributed by atoms with Gasteiger partial charge in [-0.1, -0.05) is 17.2 Å². The number of aromatic amines is 1. The molecule has 1 aromatic carbocycles. The third-order valence-corrected chi connectivity index (χ3v) is 2.59. The van der Waals surface area contributed by atoms with E-state index in [1.807, 2.05) is 26.0 Å². The number of aromatic nitrogens is 2. The predicted octanol–water partition coefficient (Wildman–Crippen LogP) is 2.87. The van der Waals surface area contributed by atoms with Crippen molar-refractivity contribution in [1.82, 2.24) is 10.2 Å². The molecule has 0 spiro atoms. The molecule has 1 heterocycles. The first-order valence-electron chi connectivity index (χ1n) is 5.91. The topological polar surface area (TPSA) is 55.0 Å². The molecular formula is C14H16N2O2. The summed E-state index contributed by atoms with van der Waals surface area (Å²) in [5.41, 5.74) is 4.48. The first kappa shape index (κ1) is 12.4. The fourth-order valence-electron chi connectivity index (χ4n) is 1.91. The second kappa shape index (κ2) is 5.04. The van der Waals surface area contributed by atoms with Gasteiger partial charge >= 0.3 is 5.97 Å². The van der Waals surface area contributed by atoms with Crippen LogP contribution in [0.15, 0.2) is 24.3 Å². The summed E-state index contributed by atoms with van der Waals surface area (Å²) >= 11 is 0. The van der Waals surface area contributed by atoms with Crippen molar-refractivity contribution in [1.29, 1.82) is 0 Å². The number of carbonyl (C=O) groups excluding carboxylic acids is 1. The van der Waals surface area contributed by atoms with Gasteiger partial charge in [0.1, 0.15) is 5.69 Å². The number of rotatable bonds is 3. The van der Waals surface area contributed by atoms with Gasteiger partial charge in [-0.15, -0.1) is 0 Å². The molecule has 0 amide bonds. The Balaban J connectivity index is 2.32. The van der Waals surface area contributed by atoms with Gasteiger partial charge in [-0.3, -0.25) is 5.10 Å². The van der Waals surface area contributed by atoms with E-state index >= 15 is 0 Å². The summed E-state index contributed by atoms with van der Waals surface area (Å²) in [5.74, 6) is -0.374. The van der Waals surface area contributed by atoms with Crippen molar-refractivity contribution in [2.75, 3.05) is 6.61 Å². The van der Waals surface area contributed by atoms with E-state index in [1.165, 1.54) is 11.1 Å². The van der Waals surface area contributed by atoms with Crippen molar-refractivity contribution in [3.05, 3.63) is 41.1 Å². The van der Waals surface area contributed by atoms with Crippen LogP contribution >= 0.6 is 0 Å². The highest BCUT2D eigenvalue weighted by Gasteiger charge is 2.11. The zero-order chi connectivity index (χ0) is 13.1. The lowest BCUT2D eigenvalue weighted by Crippen LogP contribution is -2.04. The zero-order valence-electron chi connectivity index (χ0n) is 10.8. The van der Waals surface area contributed by atoms with Crippen LogP contribution in [-0.4, -0.2) is 22.8 Å². The average Bonchev–Trinajstić information content (AvgIpc) is 2.77. The van der Waals surface area contributed by atoms with Crippen molar-refractivity contribution >= 4 is 5.97 Å². The molecule has 1 aromatic heterocycles. The Labute approximate surface area is 106 Å². The van der Waals surface area contributed by atoms with Gasteiger partial charge < -0.3 is 4.74 Å². The molecule has 0 saturated carbocycles. The molecule has 0 bridgehead atoms. The van der Waals surface area contributed by atoms with Crippen molar-refractivity contribution in [2.45, 2.75) is 20.8 Å². The Morgan fingerprint density at radius 1 is 1.22 bits per heavy atom. The molecule has 2 rings (SSSR count). The number of ether oxygens (including phenoxy) is 1. The van der Waals surface area contributed by atoms with Gasteiger partial charge in [0.05, 0.1) is 12.3 Å². The maximum Gasteiger partial charge on any atom is 0.356 e. The van der Waals surface area contributed by atoms with Gasteiger partial charge in [-0.2, -0.15) is 5.10 Å². The van der Waals surface area contributed by atoms with Crippen LogP contribution in [0, 0.1) is 13.8 Å². The number of hydrogen-bond acceptors (Lipinski definition) is 3. The molecule has 2 aromatic rings. The molecule has 18 heavy (non-hydrogen) atoms. The number of aryl methyl sites for hydroxylation is 2. The minimum absolute atomic E-state index is 0.358. The van der Waals surface area contributed by atoms with Crippen LogP contribution in [0.25, 0.3) is 11.3 Å². The Hall–Kier alpha value is -2.10. The lowest BCUT2D eigenvalue weighted by Gasteiger charge is -2.01. The third-order valence-electron chi connectivity index (χ3n) is 2.59. The minimum Gasteiger partial charge on any atom is -0.461 e. The molecule has 0 aliphatic carbocycles. The number of carbonyl (C=O) groups is 1. The molecule has 0 aliphatic heterocycles. The number of nitrogens with zero attached hydrogens (tertiary/aromatic N) is 1. The van der Waals surface area contributed by atoms with Crippen LogP contribution < -0.4 is 0 Å². The van der Waals surface area contributed by atoms with Crippen molar-refractivity contribution in [3.63, 3.8) is 0 Å². The van der Waals surface area contributed by atoms with E-state index in [2.05, 4.69) is 16.3 Å². The van der Waals surface area contributed by atoms with Crippen LogP contribution in [0.5, 0.6) is 0 Å². The van der Waals surface area contributed by atoms with E-state index in [0.29, 0.717) is 12.3 Å². The predicted molar refractivity (Wildman–Crippen MR) is 69.5 cm³/mol. The summed E-state index contributed by atoms with van der Waals surface area (Å²) < 4.78 is 4.91. The van der Waals surface area contributed by atoms with Gasteiger partial charge in [-0.05, 0) is 39.0 Å². The fourth-order valence-corrected chi connectivity index (χ4v) is 1.91. The largest absolute Gasteiger partial charge is 0.461 e. The number of esters is 1. The zero-order valence-corrected chi connectivity index (χ0v) is 10.8. The van der Waals surface area contributed by atoms with E-state index in [-0.39, 0.29) is 5.97 Å². The van der Waals surface area contributed by atoms with Crippen LogP contribution in [0.3, 0.4) is 0 Å². The van der Waals surface area contributed by atoms with Crippen LogP contribution in [0.2, 0.25) is 0 Å². The summed E-state index contributed by atoms with van der Waals surface area (Å²) in [6.07, 6.45) is 0. The highest BCUT2D eigenvalue weighted by atomic mass is 16.5. The highest BCUT2D eigenvalue weighted by molar-refractivity contribution is 5.88. The van der Waals surface area contributed by atoms with Crippen LogP contribution in [-0.2, 0) is 4.74 Å². The van der Waals surface area contributed by atoms with E-state index in [9.17, 15) is 4.79 Å². The SMILES string of the molecule is CCOC(=O)c1cc(-c2cc(C)cc(C)c2)n[nH]1. The van der Waals surface area contributed by atoms with Gasteiger partial charge in [0.2, 0.25) is 0 Å². The lowest BCUT2D eigenvalue weighted by atomic mass is 10.1. The normalized spacial score (nSPS) is 10.4. The molecule has 0 fully saturated rings. The fraction of sp³-hybridized carbons (Fsp3) is 0.286. The molecule has 4 heteroatoms. The Bertz CT molecular complexity index is 553. The van der Waals surface area contributed by atoms with Gasteiger partial charge in [0.15, 0.2) is 0 Å². The molecule has 0 aliphatic rings. The van der Waals surface area contributed by atoms with Crippen LogP contribution in [0.4, 0.5) is 0 Å². The van der Waals surface area contributed by atoms with Crippen molar-refractivity contribution in [3.8, 4) is 11.3 Å². The second-order valence-corrected chi connectivity index (χ2v) is 4.26. The second-order valence-electron chi connectivity index (χ2n) is 4.26. The molecule has 0 atom stereocenters. The number of H-pyrrole nitrogens is 1. The molecule has 0 radical (unpaired) electrons. The summed E-state index contributed by atoms with van der Waals surface area (Å²) in [6.45, 7) is 6.21. The van der Waals surface area contributed by atoms with E-state index in [1.54, 1.807) is 13.0 Å². The number of benzene rings is 1. The first-order valence-corrected chi connectivity index (χ1v) is 5.91. The smallest absolute Gasteiger partial charge is 0.356 e. The van der Waals surface area contributed by atoms with Crippen molar-refractivity contribution < 1.29 is 9.53 Å². The maximum absolute atomic E-state index is 11.5. The summed E-state index contributed by atoms with van der Waals surface area (Å²) in [5, 5.41) is 6.85. The number of hydrogen-bond donors (Lipinski definition) is 1. The molecule has 1 N–H and O–H groups in total. The summed E-state index contributed by atoms with van der Waals surface area (Å²) in [6, 6.07) is 7.89. The maximum atomic E-state index is 11.5. The molecule has 0 saturated heterocycles. The molecule has 0 unspecified atom stereocenters. The Morgan fingerprint density at radius 2 is 1.89 bits per heavy atom. The summed E-state index contributed by atoms with van der Waals surface area (Å²) in [4.78, 5) is 11.5. The average molecular weight is 244 g/mol. The lowest BCUT2D eigenvalue weighted by molar-refractivity contribution is 0.0519. The monoisotopic (exact) mass is 244 g/mol. The van der Waals surface area contributed by atoms with Gasteiger partial charge in [-0.25, -0.2) is 4.79 Å². The Kier molecular flexibility index (Phi) is 3.46. The third kappa shape index (κ3) is 2.59. The molecule has 94 valence electrons. The first-order chi connectivity index (χ1) is 8.60. The Morgan fingerprint density at radius 3 is 2.50 bits per heavy atom. The summed E-state index contributed by atoms with van der Waals surface area (Å²) in [7, 11) is 0. The van der Waals surface area contributed by atoms with Gasteiger partial charge in [0.25, 0.3) is 0 Å². The molecule has 4 nitrogen and oxygen atoms in total. The molecular weight excluding hydrogens is 228 g/mol. The van der Waals surface area contributed by atoms with E-state index in [4.69, 9.17) is 4.74 Å². The minimum atomic E-state index is -0.374. The van der Waals surface area contributed by atoms with Gasteiger partial charge in [0, 0.05) is 5.56 Å². The van der Waals surface area contributed by atoms with E-state index < -0.39 is 0 Å².